The number of H-pyrrole nitrogens is 1. The Bertz CT molecular complexity index is 734. The van der Waals surface area contributed by atoms with Crippen LogP contribution in [0.5, 0.6) is 5.75 Å². The highest BCUT2D eigenvalue weighted by Gasteiger charge is 2.07. The third kappa shape index (κ3) is 3.01. The van der Waals surface area contributed by atoms with Gasteiger partial charge in [-0.15, -0.1) is 0 Å². The van der Waals surface area contributed by atoms with Crippen molar-refractivity contribution in [2.75, 3.05) is 7.11 Å². The highest BCUT2D eigenvalue weighted by molar-refractivity contribution is 9.10. The molecular formula is C14H15BrN2O3. The molecule has 0 saturated heterocycles. The van der Waals surface area contributed by atoms with Crippen molar-refractivity contribution in [3.05, 3.63) is 60.8 Å². The van der Waals surface area contributed by atoms with Gasteiger partial charge in [0, 0.05) is 16.2 Å². The maximum absolute atomic E-state index is 11.8. The average molecular weight is 339 g/mol. The Labute approximate surface area is 124 Å². The number of rotatable bonds is 4. The van der Waals surface area contributed by atoms with Gasteiger partial charge in [0.2, 0.25) is 0 Å². The van der Waals surface area contributed by atoms with Crippen molar-refractivity contribution in [2.24, 2.45) is 0 Å². The topological polar surface area (TPSA) is 64.1 Å². The molecule has 0 radical (unpaired) electrons. The lowest BCUT2D eigenvalue weighted by Crippen LogP contribution is -2.31. The van der Waals surface area contributed by atoms with Crippen molar-refractivity contribution in [1.82, 2.24) is 9.55 Å². The van der Waals surface area contributed by atoms with Gasteiger partial charge in [-0.3, -0.25) is 14.3 Å². The molecule has 0 spiro atoms. The fourth-order valence-electron chi connectivity index (χ4n) is 1.91. The van der Waals surface area contributed by atoms with Crippen molar-refractivity contribution < 1.29 is 4.74 Å². The molecule has 0 bridgehead atoms. The lowest BCUT2D eigenvalue weighted by Gasteiger charge is -2.10. The third-order valence-corrected chi connectivity index (χ3v) is 3.83. The minimum absolute atomic E-state index is 0.321. The SMILES string of the molecule is CCc1cn(Cc2cc(OC)ccc2Br)c(=O)[nH]c1=O. The maximum Gasteiger partial charge on any atom is 0.328 e. The van der Waals surface area contributed by atoms with Crippen molar-refractivity contribution in [3.8, 4) is 5.75 Å². The molecule has 0 unspecified atom stereocenters. The van der Waals surface area contributed by atoms with Crippen molar-refractivity contribution >= 4 is 15.9 Å². The van der Waals surface area contributed by atoms with Crippen LogP contribution in [0.25, 0.3) is 0 Å². The van der Waals surface area contributed by atoms with E-state index in [4.69, 9.17) is 4.74 Å². The quantitative estimate of drug-likeness (QED) is 0.926. The number of aryl methyl sites for hydroxylation is 1. The lowest BCUT2D eigenvalue weighted by atomic mass is 10.2. The summed E-state index contributed by atoms with van der Waals surface area (Å²) in [4.78, 5) is 25.7. The van der Waals surface area contributed by atoms with Gasteiger partial charge < -0.3 is 4.74 Å². The zero-order valence-electron chi connectivity index (χ0n) is 11.3. The molecule has 1 N–H and O–H groups in total. The summed E-state index contributed by atoms with van der Waals surface area (Å²) in [5.41, 5.74) is 0.754. The molecule has 0 aliphatic rings. The van der Waals surface area contributed by atoms with Gasteiger partial charge in [-0.25, -0.2) is 4.79 Å². The first-order valence-electron chi connectivity index (χ1n) is 6.20. The largest absolute Gasteiger partial charge is 0.497 e. The molecule has 1 aromatic heterocycles. The molecule has 1 heterocycles. The zero-order chi connectivity index (χ0) is 14.7. The monoisotopic (exact) mass is 338 g/mol. The second kappa shape index (κ2) is 6.09. The molecule has 0 aliphatic heterocycles. The summed E-state index contributed by atoms with van der Waals surface area (Å²) < 4.78 is 7.55. The Kier molecular flexibility index (Phi) is 4.44. The van der Waals surface area contributed by atoms with E-state index in [-0.39, 0.29) is 5.56 Å². The van der Waals surface area contributed by atoms with Crippen molar-refractivity contribution in [3.63, 3.8) is 0 Å². The zero-order valence-corrected chi connectivity index (χ0v) is 12.9. The van der Waals surface area contributed by atoms with E-state index in [1.807, 2.05) is 25.1 Å². The molecule has 2 aromatic rings. The molecule has 5 nitrogen and oxygen atoms in total. The minimum Gasteiger partial charge on any atom is -0.497 e. The first kappa shape index (κ1) is 14.6. The van der Waals surface area contributed by atoms with E-state index in [9.17, 15) is 9.59 Å². The number of halogens is 1. The molecule has 0 aliphatic carbocycles. The van der Waals surface area contributed by atoms with E-state index in [0.717, 1.165) is 15.8 Å². The number of aromatic amines is 1. The fraction of sp³-hybridized carbons (Fsp3) is 0.286. The molecule has 0 atom stereocenters. The molecule has 1 aromatic carbocycles. The first-order chi connectivity index (χ1) is 9.55. The predicted molar refractivity (Wildman–Crippen MR) is 80.5 cm³/mol. The smallest absolute Gasteiger partial charge is 0.328 e. The van der Waals surface area contributed by atoms with Gasteiger partial charge in [0.15, 0.2) is 0 Å². The first-order valence-corrected chi connectivity index (χ1v) is 6.99. The van der Waals surface area contributed by atoms with E-state index in [1.165, 1.54) is 4.57 Å². The highest BCUT2D eigenvalue weighted by atomic mass is 79.9. The molecule has 0 fully saturated rings. The Morgan fingerprint density at radius 1 is 1.30 bits per heavy atom. The van der Waals surface area contributed by atoms with Crippen LogP contribution in [0.3, 0.4) is 0 Å². The fourth-order valence-corrected chi connectivity index (χ4v) is 2.28. The summed E-state index contributed by atoms with van der Waals surface area (Å²) in [6, 6.07) is 5.56. The van der Waals surface area contributed by atoms with Crippen molar-refractivity contribution in [2.45, 2.75) is 19.9 Å². The van der Waals surface area contributed by atoms with Gasteiger partial charge in [-0.2, -0.15) is 0 Å². The summed E-state index contributed by atoms with van der Waals surface area (Å²) in [5, 5.41) is 0. The number of nitrogens with one attached hydrogen (secondary N) is 1. The number of nitrogens with zero attached hydrogens (tertiary/aromatic N) is 1. The van der Waals surface area contributed by atoms with Gasteiger partial charge in [-0.05, 0) is 30.2 Å². The van der Waals surface area contributed by atoms with Crippen LogP contribution in [0.4, 0.5) is 0 Å². The van der Waals surface area contributed by atoms with Gasteiger partial charge in [0.05, 0.1) is 13.7 Å². The van der Waals surface area contributed by atoms with Gasteiger partial charge >= 0.3 is 5.69 Å². The van der Waals surface area contributed by atoms with Gasteiger partial charge in [0.1, 0.15) is 5.75 Å². The molecule has 20 heavy (non-hydrogen) atoms. The number of hydrogen-bond donors (Lipinski definition) is 1. The summed E-state index contributed by atoms with van der Waals surface area (Å²) in [5.74, 6) is 0.719. The van der Waals surface area contributed by atoms with Crippen molar-refractivity contribution in [1.29, 1.82) is 0 Å². The number of aromatic nitrogens is 2. The van der Waals surface area contributed by atoms with Gasteiger partial charge in [-0.1, -0.05) is 22.9 Å². The van der Waals surface area contributed by atoms with E-state index in [1.54, 1.807) is 13.3 Å². The Hall–Kier alpha value is -1.82. The Balaban J connectivity index is 2.44. The summed E-state index contributed by atoms with van der Waals surface area (Å²) in [6.45, 7) is 2.24. The minimum atomic E-state index is -0.415. The summed E-state index contributed by atoms with van der Waals surface area (Å²) in [7, 11) is 1.59. The Morgan fingerprint density at radius 2 is 2.05 bits per heavy atom. The standard InChI is InChI=1S/C14H15BrN2O3/c1-3-9-7-17(14(19)16-13(9)18)8-10-6-11(20-2)4-5-12(10)15/h4-7H,3,8H2,1-2H3,(H,16,18,19). The molecular weight excluding hydrogens is 324 g/mol. The van der Waals surface area contributed by atoms with Crippen LogP contribution in [0.2, 0.25) is 0 Å². The average Bonchev–Trinajstić information content (AvgIpc) is 2.44. The lowest BCUT2D eigenvalue weighted by molar-refractivity contribution is 0.414. The molecule has 2 rings (SSSR count). The van der Waals surface area contributed by atoms with E-state index < -0.39 is 5.69 Å². The summed E-state index contributed by atoms with van der Waals surface area (Å²) in [6.07, 6.45) is 2.18. The van der Waals surface area contributed by atoms with E-state index >= 15 is 0 Å². The summed E-state index contributed by atoms with van der Waals surface area (Å²) >= 11 is 3.45. The van der Waals surface area contributed by atoms with Crippen LogP contribution >= 0.6 is 15.9 Å². The van der Waals surface area contributed by atoms with Crippen LogP contribution in [0, 0.1) is 0 Å². The number of benzene rings is 1. The van der Waals surface area contributed by atoms with Crippen LogP contribution < -0.4 is 16.0 Å². The van der Waals surface area contributed by atoms with Crippen LogP contribution in [0.1, 0.15) is 18.1 Å². The second-order valence-corrected chi connectivity index (χ2v) is 5.21. The van der Waals surface area contributed by atoms with Crippen LogP contribution in [0.15, 0.2) is 38.5 Å². The second-order valence-electron chi connectivity index (χ2n) is 4.35. The van der Waals surface area contributed by atoms with Gasteiger partial charge in [0.25, 0.3) is 5.56 Å². The molecule has 106 valence electrons. The Morgan fingerprint density at radius 3 is 2.70 bits per heavy atom. The van der Waals surface area contributed by atoms with Crippen LogP contribution in [-0.4, -0.2) is 16.7 Å². The predicted octanol–water partition coefficient (Wildman–Crippen LogP) is 1.92. The normalized spacial score (nSPS) is 10.6. The highest BCUT2D eigenvalue weighted by Crippen LogP contribution is 2.22. The number of ether oxygens (including phenoxy) is 1. The maximum atomic E-state index is 11.8. The molecule has 0 saturated carbocycles. The number of methoxy groups -OCH3 is 1. The van der Waals surface area contributed by atoms with Crippen LogP contribution in [-0.2, 0) is 13.0 Å². The van der Waals surface area contributed by atoms with E-state index in [0.29, 0.717) is 18.5 Å². The third-order valence-electron chi connectivity index (χ3n) is 3.06. The number of hydrogen-bond acceptors (Lipinski definition) is 3. The molecule has 0 amide bonds. The van der Waals surface area contributed by atoms with E-state index in [2.05, 4.69) is 20.9 Å². The molecule has 6 heteroatoms.